The second kappa shape index (κ2) is 4.92. The summed E-state index contributed by atoms with van der Waals surface area (Å²) in [5, 5.41) is 6.67. The summed E-state index contributed by atoms with van der Waals surface area (Å²) in [6, 6.07) is 0.0457. The van der Waals surface area contributed by atoms with Crippen LogP contribution < -0.4 is 11.1 Å². The molecule has 4 atom stereocenters. The predicted octanol–water partition coefficient (Wildman–Crippen LogP) is 0.410. The standard InChI is InChI=1S/C13H20N4O2/c1-7-16-10(19-17-7)4-5-15-13(18)11-8-2-3-9(6-8)12(11)14/h8-9,11-12H,2-6,14H2,1H3,(H,15,18). The first-order chi connectivity index (χ1) is 9.15. The maximum atomic E-state index is 12.2. The van der Waals surface area contributed by atoms with Crippen molar-refractivity contribution in [2.45, 2.75) is 38.6 Å². The van der Waals surface area contributed by atoms with E-state index in [9.17, 15) is 4.79 Å². The Bertz CT molecular complexity index is 471. The largest absolute Gasteiger partial charge is 0.355 e. The fraction of sp³-hybridized carbons (Fsp3) is 0.769. The minimum Gasteiger partial charge on any atom is -0.355 e. The van der Waals surface area contributed by atoms with Gasteiger partial charge in [0.25, 0.3) is 0 Å². The lowest BCUT2D eigenvalue weighted by Crippen LogP contribution is -2.45. The van der Waals surface area contributed by atoms with E-state index < -0.39 is 0 Å². The van der Waals surface area contributed by atoms with Crippen LogP contribution in [-0.2, 0) is 11.2 Å². The van der Waals surface area contributed by atoms with Crippen molar-refractivity contribution in [3.63, 3.8) is 0 Å². The van der Waals surface area contributed by atoms with Gasteiger partial charge < -0.3 is 15.6 Å². The van der Waals surface area contributed by atoms with Gasteiger partial charge in [0.2, 0.25) is 11.8 Å². The summed E-state index contributed by atoms with van der Waals surface area (Å²) in [5.74, 6) is 2.33. The van der Waals surface area contributed by atoms with E-state index >= 15 is 0 Å². The lowest BCUT2D eigenvalue weighted by Gasteiger charge is -2.26. The third kappa shape index (κ3) is 2.36. The molecule has 0 spiro atoms. The van der Waals surface area contributed by atoms with Gasteiger partial charge in [-0.25, -0.2) is 0 Å². The second-order valence-corrected chi connectivity index (χ2v) is 5.71. The summed E-state index contributed by atoms with van der Waals surface area (Å²) in [5.41, 5.74) is 6.15. The Morgan fingerprint density at radius 1 is 1.47 bits per heavy atom. The highest BCUT2D eigenvalue weighted by Gasteiger charge is 2.48. The van der Waals surface area contributed by atoms with Crippen molar-refractivity contribution >= 4 is 5.91 Å². The van der Waals surface area contributed by atoms with Gasteiger partial charge in [-0.2, -0.15) is 4.98 Å². The molecule has 1 aromatic heterocycles. The predicted molar refractivity (Wildman–Crippen MR) is 68.0 cm³/mol. The zero-order valence-corrected chi connectivity index (χ0v) is 11.1. The minimum absolute atomic E-state index is 0.00294. The van der Waals surface area contributed by atoms with Gasteiger partial charge >= 0.3 is 0 Å². The number of hydrogen-bond donors (Lipinski definition) is 2. The quantitative estimate of drug-likeness (QED) is 0.821. The Morgan fingerprint density at radius 2 is 2.26 bits per heavy atom. The highest BCUT2D eigenvalue weighted by Crippen LogP contribution is 2.47. The summed E-state index contributed by atoms with van der Waals surface area (Å²) < 4.78 is 5.00. The van der Waals surface area contributed by atoms with Gasteiger partial charge in [-0.15, -0.1) is 0 Å². The van der Waals surface area contributed by atoms with Crippen molar-refractivity contribution in [1.29, 1.82) is 0 Å². The first kappa shape index (κ1) is 12.6. The molecule has 0 aliphatic heterocycles. The van der Waals surface area contributed by atoms with E-state index in [0.717, 1.165) is 12.8 Å². The Morgan fingerprint density at radius 3 is 2.89 bits per heavy atom. The third-order valence-electron chi connectivity index (χ3n) is 4.49. The average molecular weight is 264 g/mol. The van der Waals surface area contributed by atoms with Crippen LogP contribution in [0.5, 0.6) is 0 Å². The Hall–Kier alpha value is -1.43. The molecule has 4 unspecified atom stereocenters. The summed E-state index contributed by atoms with van der Waals surface area (Å²) in [4.78, 5) is 16.3. The highest BCUT2D eigenvalue weighted by molar-refractivity contribution is 5.80. The SMILES string of the molecule is Cc1noc(CCNC(=O)C2C3CCC(C3)C2N)n1. The number of carbonyl (C=O) groups is 1. The van der Waals surface area contributed by atoms with Crippen LogP contribution in [0.2, 0.25) is 0 Å². The molecule has 1 heterocycles. The minimum atomic E-state index is 0.00294. The second-order valence-electron chi connectivity index (χ2n) is 5.71. The lowest BCUT2D eigenvalue weighted by atomic mass is 9.84. The number of fused-ring (bicyclic) bond motifs is 2. The summed E-state index contributed by atoms with van der Waals surface area (Å²) in [6.45, 7) is 2.31. The van der Waals surface area contributed by atoms with E-state index in [1.165, 1.54) is 6.42 Å². The Kier molecular flexibility index (Phi) is 3.26. The molecule has 2 aliphatic rings. The van der Waals surface area contributed by atoms with Crippen LogP contribution >= 0.6 is 0 Å². The number of rotatable bonds is 4. The normalized spacial score (nSPS) is 32.7. The van der Waals surface area contributed by atoms with E-state index in [1.807, 2.05) is 0 Å². The molecule has 0 aromatic carbocycles. The molecule has 1 aromatic rings. The Balaban J connectivity index is 1.49. The zero-order valence-electron chi connectivity index (χ0n) is 11.1. The van der Waals surface area contributed by atoms with Gasteiger partial charge in [0.1, 0.15) is 0 Å². The molecule has 2 aliphatic carbocycles. The average Bonchev–Trinajstić information content (AvgIpc) is 3.05. The van der Waals surface area contributed by atoms with Crippen LogP contribution in [0.1, 0.15) is 31.0 Å². The number of nitrogens with one attached hydrogen (secondary N) is 1. The fourth-order valence-electron chi connectivity index (χ4n) is 3.58. The molecule has 3 rings (SSSR count). The van der Waals surface area contributed by atoms with E-state index in [2.05, 4.69) is 15.5 Å². The van der Waals surface area contributed by atoms with Crippen molar-refractivity contribution in [1.82, 2.24) is 15.5 Å². The van der Waals surface area contributed by atoms with E-state index in [1.54, 1.807) is 6.92 Å². The lowest BCUT2D eigenvalue weighted by molar-refractivity contribution is -0.127. The van der Waals surface area contributed by atoms with Crippen LogP contribution in [0.3, 0.4) is 0 Å². The van der Waals surface area contributed by atoms with E-state index in [-0.39, 0.29) is 17.9 Å². The van der Waals surface area contributed by atoms with Crippen LogP contribution in [0.25, 0.3) is 0 Å². The summed E-state index contributed by atoms with van der Waals surface area (Å²) in [6.07, 6.45) is 4.04. The molecule has 104 valence electrons. The number of aromatic nitrogens is 2. The number of aryl methyl sites for hydroxylation is 1. The van der Waals surface area contributed by atoms with E-state index in [0.29, 0.717) is 36.5 Å². The zero-order chi connectivity index (χ0) is 13.4. The van der Waals surface area contributed by atoms with Crippen LogP contribution in [-0.4, -0.2) is 28.6 Å². The number of amides is 1. The van der Waals surface area contributed by atoms with Gasteiger partial charge in [-0.1, -0.05) is 5.16 Å². The molecule has 1 amide bonds. The fourth-order valence-corrected chi connectivity index (χ4v) is 3.58. The molecule has 2 saturated carbocycles. The van der Waals surface area contributed by atoms with Gasteiger partial charge in [0.15, 0.2) is 5.82 Å². The number of carbonyl (C=O) groups excluding carboxylic acids is 1. The molecular formula is C13H20N4O2. The van der Waals surface area contributed by atoms with Crippen LogP contribution in [0.4, 0.5) is 0 Å². The molecule has 0 radical (unpaired) electrons. The first-order valence-electron chi connectivity index (χ1n) is 6.97. The van der Waals surface area contributed by atoms with Crippen molar-refractivity contribution in [2.24, 2.45) is 23.5 Å². The number of nitrogens with two attached hydrogens (primary N) is 1. The van der Waals surface area contributed by atoms with Crippen molar-refractivity contribution < 1.29 is 9.32 Å². The van der Waals surface area contributed by atoms with Gasteiger partial charge in [0, 0.05) is 19.0 Å². The third-order valence-corrected chi connectivity index (χ3v) is 4.49. The maximum Gasteiger partial charge on any atom is 0.228 e. The van der Waals surface area contributed by atoms with Gasteiger partial charge in [-0.3, -0.25) is 4.79 Å². The molecule has 19 heavy (non-hydrogen) atoms. The summed E-state index contributed by atoms with van der Waals surface area (Å²) >= 11 is 0. The maximum absolute atomic E-state index is 12.2. The van der Waals surface area contributed by atoms with Crippen LogP contribution in [0.15, 0.2) is 4.52 Å². The highest BCUT2D eigenvalue weighted by atomic mass is 16.5. The van der Waals surface area contributed by atoms with E-state index in [4.69, 9.17) is 10.3 Å². The molecule has 0 saturated heterocycles. The molecule has 3 N–H and O–H groups in total. The Labute approximate surface area is 112 Å². The smallest absolute Gasteiger partial charge is 0.228 e. The van der Waals surface area contributed by atoms with Crippen molar-refractivity contribution in [2.75, 3.05) is 6.54 Å². The molecular weight excluding hydrogens is 244 g/mol. The number of hydrogen-bond acceptors (Lipinski definition) is 5. The molecule has 6 nitrogen and oxygen atoms in total. The first-order valence-corrected chi connectivity index (χ1v) is 6.97. The number of nitrogens with zero attached hydrogens (tertiary/aromatic N) is 2. The monoisotopic (exact) mass is 264 g/mol. The van der Waals surface area contributed by atoms with Crippen molar-refractivity contribution in [3.05, 3.63) is 11.7 Å². The van der Waals surface area contributed by atoms with Gasteiger partial charge in [-0.05, 0) is 38.0 Å². The molecule has 2 bridgehead atoms. The molecule has 6 heteroatoms. The summed E-state index contributed by atoms with van der Waals surface area (Å²) in [7, 11) is 0. The molecule has 2 fully saturated rings. The topological polar surface area (TPSA) is 94.0 Å². The van der Waals surface area contributed by atoms with Gasteiger partial charge in [0.05, 0.1) is 5.92 Å². The van der Waals surface area contributed by atoms with Crippen LogP contribution in [0, 0.1) is 24.7 Å². The van der Waals surface area contributed by atoms with Crippen molar-refractivity contribution in [3.8, 4) is 0 Å².